The number of hydrogen-bond acceptors (Lipinski definition) is 3. The van der Waals surface area contributed by atoms with Crippen LogP contribution in [0.1, 0.15) is 48.7 Å². The number of imidazole rings is 1. The fraction of sp³-hybridized carbons (Fsp3) is 0.550. The van der Waals surface area contributed by atoms with Crippen molar-refractivity contribution >= 4 is 12.2 Å². The Morgan fingerprint density at radius 3 is 2.54 bits per heavy atom. The molecule has 0 bridgehead atoms. The Labute approximate surface area is 160 Å². The monoisotopic (exact) mass is 377 g/mol. The molecule has 1 saturated carbocycles. The average Bonchev–Trinajstić information content (AvgIpc) is 3.19. The normalized spacial score (nSPS) is 15.2. The predicted molar refractivity (Wildman–Crippen MR) is 105 cm³/mol. The highest BCUT2D eigenvalue weighted by molar-refractivity contribution is 7.71. The molecule has 6 heteroatoms. The Hall–Kier alpha value is -1.66. The van der Waals surface area contributed by atoms with Gasteiger partial charge in [0.2, 0.25) is 0 Å². The van der Waals surface area contributed by atoms with E-state index in [1.54, 1.807) is 6.07 Å². The van der Waals surface area contributed by atoms with E-state index in [1.165, 1.54) is 50.2 Å². The molecule has 1 aromatic heterocycles. The first-order valence-corrected chi connectivity index (χ1v) is 9.62. The van der Waals surface area contributed by atoms with Gasteiger partial charge in [-0.2, -0.15) is 0 Å². The number of halogens is 1. The van der Waals surface area contributed by atoms with Crippen molar-refractivity contribution in [2.75, 3.05) is 14.2 Å². The molecule has 0 N–H and O–H groups in total. The fourth-order valence-corrected chi connectivity index (χ4v) is 4.44. The van der Waals surface area contributed by atoms with Crippen molar-refractivity contribution < 1.29 is 9.13 Å². The van der Waals surface area contributed by atoms with Crippen LogP contribution >= 0.6 is 12.2 Å². The summed E-state index contributed by atoms with van der Waals surface area (Å²) in [7, 11) is 3.51. The van der Waals surface area contributed by atoms with Gasteiger partial charge in [0.15, 0.2) is 16.3 Å². The Bertz CT molecular complexity index is 836. The summed E-state index contributed by atoms with van der Waals surface area (Å²) in [5, 5.41) is 0. The maximum absolute atomic E-state index is 13.9. The maximum Gasteiger partial charge on any atom is 0.181 e. The fourth-order valence-electron chi connectivity index (χ4n) is 3.96. The van der Waals surface area contributed by atoms with Gasteiger partial charge in [0.25, 0.3) is 0 Å². The van der Waals surface area contributed by atoms with E-state index in [0.29, 0.717) is 19.3 Å². The third kappa shape index (κ3) is 3.71. The third-order valence-corrected chi connectivity index (χ3v) is 5.89. The Balaban J connectivity index is 1.77. The van der Waals surface area contributed by atoms with E-state index in [2.05, 4.69) is 27.9 Å². The molecular weight excluding hydrogens is 349 g/mol. The van der Waals surface area contributed by atoms with Crippen LogP contribution in [0.3, 0.4) is 0 Å². The second-order valence-electron chi connectivity index (χ2n) is 7.31. The van der Waals surface area contributed by atoms with Crippen molar-refractivity contribution in [1.82, 2.24) is 14.0 Å². The van der Waals surface area contributed by atoms with Gasteiger partial charge in [0.1, 0.15) is 0 Å². The molecule has 0 amide bonds. The highest BCUT2D eigenvalue weighted by atomic mass is 32.1. The van der Waals surface area contributed by atoms with Gasteiger partial charge in [-0.15, -0.1) is 0 Å². The van der Waals surface area contributed by atoms with Crippen LogP contribution in [0.2, 0.25) is 0 Å². The summed E-state index contributed by atoms with van der Waals surface area (Å²) in [6, 6.07) is 5.66. The molecule has 2 aromatic rings. The smallest absolute Gasteiger partial charge is 0.181 e. The van der Waals surface area contributed by atoms with Gasteiger partial charge in [0.05, 0.1) is 13.8 Å². The molecule has 0 unspecified atom stereocenters. The molecule has 1 aromatic carbocycles. The lowest BCUT2D eigenvalue weighted by molar-refractivity contribution is 0.254. The van der Waals surface area contributed by atoms with Crippen molar-refractivity contribution in [3.8, 4) is 5.75 Å². The van der Waals surface area contributed by atoms with Gasteiger partial charge in [-0.05, 0) is 63.7 Å². The average molecular weight is 378 g/mol. The van der Waals surface area contributed by atoms with Gasteiger partial charge >= 0.3 is 0 Å². The van der Waals surface area contributed by atoms with Gasteiger partial charge in [-0.25, -0.2) is 4.39 Å². The Kier molecular flexibility index (Phi) is 5.82. The van der Waals surface area contributed by atoms with Crippen molar-refractivity contribution in [3.05, 3.63) is 45.7 Å². The van der Waals surface area contributed by atoms with E-state index in [0.717, 1.165) is 10.3 Å². The summed E-state index contributed by atoms with van der Waals surface area (Å²) >= 11 is 5.80. The zero-order chi connectivity index (χ0) is 18.8. The minimum Gasteiger partial charge on any atom is -0.494 e. The SMILES string of the molecule is COc1ccc(CN(C)Cn2c(C)c(C)n(C3CCCC3)c2=S)cc1F. The van der Waals surface area contributed by atoms with Gasteiger partial charge in [-0.1, -0.05) is 18.9 Å². The Morgan fingerprint density at radius 2 is 1.92 bits per heavy atom. The number of rotatable bonds is 6. The van der Waals surface area contributed by atoms with Crippen LogP contribution in [-0.2, 0) is 13.2 Å². The summed E-state index contributed by atoms with van der Waals surface area (Å²) in [4.78, 5) is 2.16. The van der Waals surface area contributed by atoms with Crippen molar-refractivity contribution in [3.63, 3.8) is 0 Å². The quantitative estimate of drug-likeness (QED) is 0.662. The van der Waals surface area contributed by atoms with E-state index >= 15 is 0 Å². The second kappa shape index (κ2) is 7.92. The van der Waals surface area contributed by atoms with Crippen LogP contribution in [-0.4, -0.2) is 28.2 Å². The summed E-state index contributed by atoms with van der Waals surface area (Å²) in [5.74, 6) is -0.0480. The summed E-state index contributed by atoms with van der Waals surface area (Å²) in [5.41, 5.74) is 3.40. The van der Waals surface area contributed by atoms with E-state index in [1.807, 2.05) is 13.1 Å². The number of benzene rings is 1. The first-order chi connectivity index (χ1) is 12.4. The molecule has 0 radical (unpaired) electrons. The molecule has 0 saturated heterocycles. The zero-order valence-corrected chi connectivity index (χ0v) is 16.9. The molecule has 1 aliphatic rings. The minimum absolute atomic E-state index is 0.277. The lowest BCUT2D eigenvalue weighted by Gasteiger charge is -2.19. The van der Waals surface area contributed by atoms with Crippen LogP contribution < -0.4 is 4.74 Å². The van der Waals surface area contributed by atoms with Crippen molar-refractivity contribution in [1.29, 1.82) is 0 Å². The third-order valence-electron chi connectivity index (χ3n) is 5.47. The highest BCUT2D eigenvalue weighted by Gasteiger charge is 2.22. The van der Waals surface area contributed by atoms with Gasteiger partial charge in [0, 0.05) is 24.0 Å². The number of ether oxygens (including phenoxy) is 1. The van der Waals surface area contributed by atoms with Crippen LogP contribution in [0.15, 0.2) is 18.2 Å². The van der Waals surface area contributed by atoms with E-state index in [-0.39, 0.29) is 11.6 Å². The van der Waals surface area contributed by atoms with Crippen molar-refractivity contribution in [2.24, 2.45) is 0 Å². The number of hydrogen-bond donors (Lipinski definition) is 0. The first kappa shape index (κ1) is 19.1. The lowest BCUT2D eigenvalue weighted by atomic mass is 10.2. The summed E-state index contributed by atoms with van der Waals surface area (Å²) in [6.45, 7) is 5.64. The van der Waals surface area contributed by atoms with Crippen LogP contribution in [0.5, 0.6) is 5.75 Å². The van der Waals surface area contributed by atoms with Gasteiger partial charge in [-0.3, -0.25) is 4.90 Å². The number of nitrogens with zero attached hydrogens (tertiary/aromatic N) is 3. The minimum atomic E-state index is -0.325. The van der Waals surface area contributed by atoms with Crippen LogP contribution in [0.25, 0.3) is 0 Å². The zero-order valence-electron chi connectivity index (χ0n) is 16.1. The number of aromatic nitrogens is 2. The molecule has 142 valence electrons. The topological polar surface area (TPSA) is 22.3 Å². The summed E-state index contributed by atoms with van der Waals surface area (Å²) < 4.78 is 24.3. The molecule has 1 aliphatic carbocycles. The largest absolute Gasteiger partial charge is 0.494 e. The number of methoxy groups -OCH3 is 1. The highest BCUT2D eigenvalue weighted by Crippen LogP contribution is 2.32. The molecular formula is C20H28FN3OS. The maximum atomic E-state index is 13.9. The van der Waals surface area contributed by atoms with E-state index < -0.39 is 0 Å². The van der Waals surface area contributed by atoms with Crippen molar-refractivity contribution in [2.45, 2.75) is 58.8 Å². The van der Waals surface area contributed by atoms with Crippen LogP contribution in [0.4, 0.5) is 4.39 Å². The standard InChI is InChI=1S/C20H28FN3OS/c1-14-15(2)24(17-7-5-6-8-17)20(26)23(14)13-22(3)12-16-9-10-19(25-4)18(21)11-16/h9-11,17H,5-8,12-13H2,1-4H3. The second-order valence-corrected chi connectivity index (χ2v) is 7.68. The van der Waals surface area contributed by atoms with E-state index in [4.69, 9.17) is 17.0 Å². The Morgan fingerprint density at radius 1 is 1.23 bits per heavy atom. The molecule has 26 heavy (non-hydrogen) atoms. The van der Waals surface area contributed by atoms with Gasteiger partial charge < -0.3 is 13.9 Å². The summed E-state index contributed by atoms with van der Waals surface area (Å²) in [6.07, 6.45) is 5.03. The molecule has 0 aliphatic heterocycles. The molecule has 3 rings (SSSR count). The van der Waals surface area contributed by atoms with Crippen LogP contribution in [0, 0.1) is 24.4 Å². The molecule has 1 heterocycles. The predicted octanol–water partition coefficient (Wildman–Crippen LogP) is 4.99. The molecule has 4 nitrogen and oxygen atoms in total. The van der Waals surface area contributed by atoms with E-state index in [9.17, 15) is 4.39 Å². The molecule has 0 spiro atoms. The molecule has 1 fully saturated rings. The first-order valence-electron chi connectivity index (χ1n) is 9.21. The lowest BCUT2D eigenvalue weighted by Crippen LogP contribution is -2.22. The molecule has 0 atom stereocenters.